The Morgan fingerprint density at radius 2 is 2.00 bits per heavy atom. The van der Waals surface area contributed by atoms with Gasteiger partial charge >= 0.3 is 5.97 Å². The molecule has 0 bridgehead atoms. The van der Waals surface area contributed by atoms with Crippen LogP contribution in [0, 0.1) is 0 Å². The van der Waals surface area contributed by atoms with Crippen LogP contribution in [-0.4, -0.2) is 31.8 Å². The van der Waals surface area contributed by atoms with Crippen LogP contribution in [0.4, 0.5) is 0 Å². The quantitative estimate of drug-likeness (QED) is 0.829. The van der Waals surface area contributed by atoms with Crippen LogP contribution in [0.25, 0.3) is 10.8 Å². The van der Waals surface area contributed by atoms with Crippen LogP contribution in [0.15, 0.2) is 42.5 Å². The molecule has 1 unspecified atom stereocenters. The standard InChI is InChI=1S/C17H19NO3/c1-20-17(19)16(18-14-7-8-14)11-21-15-9-6-12-4-2-3-5-13(12)10-15/h2-6,9-10,14,16,18H,7-8,11H2,1H3. The summed E-state index contributed by atoms with van der Waals surface area (Å²) in [5.41, 5.74) is 0. The third-order valence-electron chi connectivity index (χ3n) is 3.64. The van der Waals surface area contributed by atoms with Crippen LogP contribution in [0.3, 0.4) is 0 Å². The van der Waals surface area contributed by atoms with Crippen molar-refractivity contribution in [2.75, 3.05) is 13.7 Å². The Balaban J connectivity index is 1.66. The van der Waals surface area contributed by atoms with E-state index in [4.69, 9.17) is 9.47 Å². The van der Waals surface area contributed by atoms with E-state index in [0.29, 0.717) is 6.04 Å². The van der Waals surface area contributed by atoms with E-state index in [1.807, 2.05) is 36.4 Å². The second kappa shape index (κ2) is 6.14. The number of carbonyl (C=O) groups excluding carboxylic acids is 1. The van der Waals surface area contributed by atoms with Gasteiger partial charge in [0.25, 0.3) is 0 Å². The summed E-state index contributed by atoms with van der Waals surface area (Å²) in [6.45, 7) is 0.279. The van der Waals surface area contributed by atoms with Gasteiger partial charge in [-0.05, 0) is 35.7 Å². The van der Waals surface area contributed by atoms with Crippen molar-refractivity contribution in [3.63, 3.8) is 0 Å². The summed E-state index contributed by atoms with van der Waals surface area (Å²) in [7, 11) is 1.40. The summed E-state index contributed by atoms with van der Waals surface area (Å²) in [4.78, 5) is 11.7. The lowest BCUT2D eigenvalue weighted by Crippen LogP contribution is -2.43. The fourth-order valence-electron chi connectivity index (χ4n) is 2.30. The number of carbonyl (C=O) groups is 1. The summed E-state index contributed by atoms with van der Waals surface area (Å²) >= 11 is 0. The summed E-state index contributed by atoms with van der Waals surface area (Å²) < 4.78 is 10.6. The number of benzene rings is 2. The maximum Gasteiger partial charge on any atom is 0.326 e. The Bertz CT molecular complexity index is 637. The minimum absolute atomic E-state index is 0.275. The maximum absolute atomic E-state index is 11.7. The van der Waals surface area contributed by atoms with E-state index in [1.165, 1.54) is 12.5 Å². The van der Waals surface area contributed by atoms with Crippen molar-refractivity contribution in [1.29, 1.82) is 0 Å². The Kier molecular flexibility index (Phi) is 4.06. The SMILES string of the molecule is COC(=O)C(COc1ccc2ccccc2c1)NC1CC1. The summed E-state index contributed by atoms with van der Waals surface area (Å²) in [6, 6.07) is 14.1. The molecular formula is C17H19NO3. The lowest BCUT2D eigenvalue weighted by Gasteiger charge is -2.17. The van der Waals surface area contributed by atoms with E-state index in [0.717, 1.165) is 24.0 Å². The van der Waals surface area contributed by atoms with Crippen molar-refractivity contribution in [3.05, 3.63) is 42.5 Å². The molecule has 1 aliphatic rings. The van der Waals surface area contributed by atoms with Crippen LogP contribution in [0.5, 0.6) is 5.75 Å². The molecule has 0 aromatic heterocycles. The molecule has 0 radical (unpaired) electrons. The fraction of sp³-hybridized carbons (Fsp3) is 0.353. The van der Waals surface area contributed by atoms with Gasteiger partial charge in [-0.1, -0.05) is 30.3 Å². The van der Waals surface area contributed by atoms with Gasteiger partial charge in [0.15, 0.2) is 0 Å². The van der Waals surface area contributed by atoms with E-state index < -0.39 is 6.04 Å². The van der Waals surface area contributed by atoms with Crippen LogP contribution in [0.2, 0.25) is 0 Å². The first kappa shape index (κ1) is 13.9. The molecule has 0 amide bonds. The Labute approximate surface area is 124 Å². The first-order valence-corrected chi connectivity index (χ1v) is 7.22. The van der Waals surface area contributed by atoms with Crippen LogP contribution in [-0.2, 0) is 9.53 Å². The topological polar surface area (TPSA) is 47.6 Å². The minimum Gasteiger partial charge on any atom is -0.491 e. The molecule has 2 aromatic carbocycles. The highest BCUT2D eigenvalue weighted by atomic mass is 16.5. The highest BCUT2D eigenvalue weighted by Gasteiger charge is 2.29. The zero-order chi connectivity index (χ0) is 14.7. The molecule has 0 aliphatic heterocycles. The second-order valence-corrected chi connectivity index (χ2v) is 5.34. The maximum atomic E-state index is 11.7. The molecule has 0 spiro atoms. The number of hydrogen-bond donors (Lipinski definition) is 1. The summed E-state index contributed by atoms with van der Waals surface area (Å²) in [6.07, 6.45) is 2.23. The first-order chi connectivity index (χ1) is 10.3. The molecule has 1 N–H and O–H groups in total. The molecule has 1 aliphatic carbocycles. The smallest absolute Gasteiger partial charge is 0.326 e. The average molecular weight is 285 g/mol. The van der Waals surface area contributed by atoms with E-state index in [9.17, 15) is 4.79 Å². The van der Waals surface area contributed by atoms with Crippen LogP contribution < -0.4 is 10.1 Å². The highest BCUT2D eigenvalue weighted by Crippen LogP contribution is 2.22. The monoisotopic (exact) mass is 285 g/mol. The predicted molar refractivity (Wildman–Crippen MR) is 81.4 cm³/mol. The highest BCUT2D eigenvalue weighted by molar-refractivity contribution is 5.83. The number of rotatable bonds is 6. The van der Waals surface area contributed by atoms with Crippen molar-refractivity contribution in [1.82, 2.24) is 5.32 Å². The molecule has 1 fully saturated rings. The molecule has 0 saturated heterocycles. The Morgan fingerprint density at radius 3 is 2.71 bits per heavy atom. The predicted octanol–water partition coefficient (Wildman–Crippen LogP) is 2.51. The molecule has 3 rings (SSSR count). The van der Waals surface area contributed by atoms with E-state index >= 15 is 0 Å². The molecule has 1 atom stereocenters. The molecule has 4 nitrogen and oxygen atoms in total. The van der Waals surface area contributed by atoms with E-state index in [2.05, 4.69) is 11.4 Å². The average Bonchev–Trinajstić information content (AvgIpc) is 3.34. The fourth-order valence-corrected chi connectivity index (χ4v) is 2.30. The first-order valence-electron chi connectivity index (χ1n) is 7.22. The molecule has 110 valence electrons. The van der Waals surface area contributed by atoms with Gasteiger partial charge in [0.05, 0.1) is 7.11 Å². The van der Waals surface area contributed by atoms with Gasteiger partial charge in [0.1, 0.15) is 18.4 Å². The van der Waals surface area contributed by atoms with Crippen molar-refractivity contribution >= 4 is 16.7 Å². The number of hydrogen-bond acceptors (Lipinski definition) is 4. The summed E-state index contributed by atoms with van der Waals surface area (Å²) in [5.74, 6) is 0.489. The Morgan fingerprint density at radius 1 is 1.24 bits per heavy atom. The molecule has 4 heteroatoms. The third-order valence-corrected chi connectivity index (χ3v) is 3.64. The van der Waals surface area contributed by atoms with Crippen molar-refractivity contribution in [2.45, 2.75) is 24.9 Å². The molecule has 2 aromatic rings. The molecular weight excluding hydrogens is 266 g/mol. The van der Waals surface area contributed by atoms with Gasteiger partial charge in [-0.15, -0.1) is 0 Å². The number of esters is 1. The number of ether oxygens (including phenoxy) is 2. The Hall–Kier alpha value is -2.07. The minimum atomic E-state index is -0.408. The summed E-state index contributed by atoms with van der Waals surface area (Å²) in [5, 5.41) is 5.55. The van der Waals surface area contributed by atoms with Gasteiger partial charge in [-0.2, -0.15) is 0 Å². The molecule has 0 heterocycles. The van der Waals surface area contributed by atoms with Crippen molar-refractivity contribution in [2.24, 2.45) is 0 Å². The van der Waals surface area contributed by atoms with Gasteiger partial charge < -0.3 is 9.47 Å². The molecule has 21 heavy (non-hydrogen) atoms. The second-order valence-electron chi connectivity index (χ2n) is 5.34. The lowest BCUT2D eigenvalue weighted by atomic mass is 10.1. The zero-order valence-electron chi connectivity index (χ0n) is 12.0. The van der Waals surface area contributed by atoms with Gasteiger partial charge in [-0.25, -0.2) is 0 Å². The van der Waals surface area contributed by atoms with Crippen LogP contribution >= 0.6 is 0 Å². The van der Waals surface area contributed by atoms with Crippen molar-refractivity contribution in [3.8, 4) is 5.75 Å². The van der Waals surface area contributed by atoms with Crippen LogP contribution in [0.1, 0.15) is 12.8 Å². The van der Waals surface area contributed by atoms with Gasteiger partial charge in [0, 0.05) is 6.04 Å². The third kappa shape index (κ3) is 3.52. The number of fused-ring (bicyclic) bond motifs is 1. The number of nitrogens with one attached hydrogen (secondary N) is 1. The lowest BCUT2D eigenvalue weighted by molar-refractivity contribution is -0.144. The molecule has 1 saturated carbocycles. The largest absolute Gasteiger partial charge is 0.491 e. The van der Waals surface area contributed by atoms with Gasteiger partial charge in [-0.3, -0.25) is 10.1 Å². The zero-order valence-corrected chi connectivity index (χ0v) is 12.0. The normalized spacial score (nSPS) is 15.7. The van der Waals surface area contributed by atoms with Crippen molar-refractivity contribution < 1.29 is 14.3 Å². The number of methoxy groups -OCH3 is 1. The van der Waals surface area contributed by atoms with Gasteiger partial charge in [0.2, 0.25) is 0 Å². The van der Waals surface area contributed by atoms with E-state index in [-0.39, 0.29) is 12.6 Å². The van der Waals surface area contributed by atoms with E-state index in [1.54, 1.807) is 0 Å².